The van der Waals surface area contributed by atoms with E-state index in [4.69, 9.17) is 0 Å². The van der Waals surface area contributed by atoms with E-state index in [-0.39, 0.29) is 5.82 Å². The second-order valence-corrected chi connectivity index (χ2v) is 3.82. The molecule has 0 radical (unpaired) electrons. The highest BCUT2D eigenvalue weighted by Gasteiger charge is 1.93. The number of nitrogens with one attached hydrogen (secondary N) is 2. The zero-order valence-electron chi connectivity index (χ0n) is 9.49. The highest BCUT2D eigenvalue weighted by Crippen LogP contribution is 2.01. The summed E-state index contributed by atoms with van der Waals surface area (Å²) in [6, 6.07) is 16.6. The second kappa shape index (κ2) is 6.13. The fourth-order valence-corrected chi connectivity index (χ4v) is 1.53. The van der Waals surface area contributed by atoms with Crippen molar-refractivity contribution in [3.8, 4) is 0 Å². The van der Waals surface area contributed by atoms with Gasteiger partial charge in [0.05, 0.1) is 0 Å². The van der Waals surface area contributed by atoms with Crippen LogP contribution in [0.2, 0.25) is 0 Å². The molecule has 0 aliphatic rings. The first-order chi connectivity index (χ1) is 8.34. The Labute approximate surface area is 100 Å². The minimum atomic E-state index is -0.203. The molecule has 0 aromatic heterocycles. The highest BCUT2D eigenvalue weighted by atomic mass is 19.1. The zero-order valence-corrected chi connectivity index (χ0v) is 9.49. The van der Waals surface area contributed by atoms with Gasteiger partial charge in [0.15, 0.2) is 0 Å². The Morgan fingerprint density at radius 1 is 0.706 bits per heavy atom. The van der Waals surface area contributed by atoms with Crippen molar-refractivity contribution in [3.63, 3.8) is 0 Å². The van der Waals surface area contributed by atoms with E-state index in [0.717, 1.165) is 12.1 Å². The molecule has 2 nitrogen and oxygen atoms in total. The van der Waals surface area contributed by atoms with Gasteiger partial charge in [-0.15, -0.1) is 0 Å². The minimum absolute atomic E-state index is 0.203. The summed E-state index contributed by atoms with van der Waals surface area (Å²) >= 11 is 0. The van der Waals surface area contributed by atoms with Crippen LogP contribution in [0.1, 0.15) is 11.1 Å². The lowest BCUT2D eigenvalue weighted by Gasteiger charge is -2.07. The Morgan fingerprint density at radius 3 is 1.82 bits per heavy atom. The van der Waals surface area contributed by atoms with Gasteiger partial charge in [0.1, 0.15) is 5.82 Å². The molecule has 2 aromatic carbocycles. The molecule has 0 aliphatic carbocycles. The summed E-state index contributed by atoms with van der Waals surface area (Å²) in [5.41, 5.74) is 8.49. The van der Waals surface area contributed by atoms with Gasteiger partial charge in [-0.2, -0.15) is 0 Å². The minimum Gasteiger partial charge on any atom is -0.253 e. The molecule has 0 aliphatic heterocycles. The van der Waals surface area contributed by atoms with E-state index in [9.17, 15) is 4.39 Å². The van der Waals surface area contributed by atoms with E-state index in [1.165, 1.54) is 17.7 Å². The molecule has 2 N–H and O–H groups in total. The summed E-state index contributed by atoms with van der Waals surface area (Å²) in [6.45, 7) is 1.44. The molecule has 3 heteroatoms. The van der Waals surface area contributed by atoms with Gasteiger partial charge in [-0.05, 0) is 23.3 Å². The van der Waals surface area contributed by atoms with Crippen LogP contribution in [0.3, 0.4) is 0 Å². The summed E-state index contributed by atoms with van der Waals surface area (Å²) < 4.78 is 12.7. The van der Waals surface area contributed by atoms with Gasteiger partial charge < -0.3 is 0 Å². The van der Waals surface area contributed by atoms with Crippen molar-refractivity contribution < 1.29 is 4.39 Å². The summed E-state index contributed by atoms with van der Waals surface area (Å²) in [4.78, 5) is 0. The zero-order chi connectivity index (χ0) is 11.9. The average Bonchev–Trinajstić information content (AvgIpc) is 2.38. The number of hydrogen-bond acceptors (Lipinski definition) is 2. The Bertz CT molecular complexity index is 440. The predicted octanol–water partition coefficient (Wildman–Crippen LogP) is 2.62. The summed E-state index contributed by atoms with van der Waals surface area (Å²) in [6.07, 6.45) is 0. The van der Waals surface area contributed by atoms with Crippen molar-refractivity contribution in [2.24, 2.45) is 0 Å². The molecule has 88 valence electrons. The first-order valence-electron chi connectivity index (χ1n) is 5.59. The van der Waals surface area contributed by atoms with Crippen molar-refractivity contribution in [3.05, 3.63) is 71.5 Å². The maximum absolute atomic E-state index is 12.7. The van der Waals surface area contributed by atoms with Gasteiger partial charge >= 0.3 is 0 Å². The fraction of sp³-hybridized carbons (Fsp3) is 0.143. The van der Waals surface area contributed by atoms with Crippen molar-refractivity contribution in [2.75, 3.05) is 0 Å². The molecule has 0 spiro atoms. The van der Waals surface area contributed by atoms with E-state index < -0.39 is 0 Å². The fourth-order valence-electron chi connectivity index (χ4n) is 1.53. The van der Waals surface area contributed by atoms with Crippen molar-refractivity contribution in [1.29, 1.82) is 0 Å². The lowest BCUT2D eigenvalue weighted by molar-refractivity contribution is 0.529. The first-order valence-corrected chi connectivity index (χ1v) is 5.59. The number of hydrogen-bond donors (Lipinski definition) is 2. The molecular formula is C14H15FN2. The quantitative estimate of drug-likeness (QED) is 0.609. The molecule has 0 saturated carbocycles. The van der Waals surface area contributed by atoms with E-state index in [1.54, 1.807) is 12.1 Å². The molecular weight excluding hydrogens is 215 g/mol. The van der Waals surface area contributed by atoms with Gasteiger partial charge in [0.25, 0.3) is 0 Å². The van der Waals surface area contributed by atoms with Crippen LogP contribution in [0, 0.1) is 5.82 Å². The maximum Gasteiger partial charge on any atom is 0.123 e. The lowest BCUT2D eigenvalue weighted by Crippen LogP contribution is -2.30. The third-order valence-electron chi connectivity index (χ3n) is 2.47. The Morgan fingerprint density at radius 2 is 1.24 bits per heavy atom. The van der Waals surface area contributed by atoms with Crippen LogP contribution in [-0.2, 0) is 13.1 Å². The average molecular weight is 230 g/mol. The second-order valence-electron chi connectivity index (χ2n) is 3.82. The summed E-state index contributed by atoms with van der Waals surface area (Å²) in [7, 11) is 0. The number of benzene rings is 2. The van der Waals surface area contributed by atoms with E-state index in [0.29, 0.717) is 6.54 Å². The Balaban J connectivity index is 1.71. The maximum atomic E-state index is 12.7. The predicted molar refractivity (Wildman–Crippen MR) is 66.5 cm³/mol. The third-order valence-corrected chi connectivity index (χ3v) is 2.47. The van der Waals surface area contributed by atoms with Crippen LogP contribution in [0.4, 0.5) is 4.39 Å². The van der Waals surface area contributed by atoms with E-state index in [2.05, 4.69) is 23.0 Å². The molecule has 0 saturated heterocycles. The third kappa shape index (κ3) is 3.98. The topological polar surface area (TPSA) is 24.1 Å². The standard InChI is InChI=1S/C14H15FN2/c15-14-8-6-13(7-9-14)11-17-16-10-12-4-2-1-3-5-12/h1-9,16-17H,10-11H2. The molecule has 0 amide bonds. The first kappa shape index (κ1) is 11.8. The van der Waals surface area contributed by atoms with Gasteiger partial charge in [-0.1, -0.05) is 42.5 Å². The van der Waals surface area contributed by atoms with Gasteiger partial charge in [-0.25, -0.2) is 4.39 Å². The number of hydrazine groups is 1. The largest absolute Gasteiger partial charge is 0.253 e. The molecule has 0 heterocycles. The molecule has 0 unspecified atom stereocenters. The monoisotopic (exact) mass is 230 g/mol. The van der Waals surface area contributed by atoms with Crippen LogP contribution in [0.25, 0.3) is 0 Å². The summed E-state index contributed by atoms with van der Waals surface area (Å²) in [5.74, 6) is -0.203. The van der Waals surface area contributed by atoms with Crippen LogP contribution in [0.15, 0.2) is 54.6 Å². The van der Waals surface area contributed by atoms with Crippen molar-refractivity contribution >= 4 is 0 Å². The molecule has 0 fully saturated rings. The number of halogens is 1. The van der Waals surface area contributed by atoms with Gasteiger partial charge in [0.2, 0.25) is 0 Å². The Hall–Kier alpha value is -1.71. The number of rotatable bonds is 5. The molecule has 2 rings (SSSR count). The smallest absolute Gasteiger partial charge is 0.123 e. The molecule has 2 aromatic rings. The summed E-state index contributed by atoms with van der Waals surface area (Å²) in [5, 5.41) is 0. The van der Waals surface area contributed by atoms with Gasteiger partial charge in [-0.3, -0.25) is 10.9 Å². The highest BCUT2D eigenvalue weighted by molar-refractivity contribution is 5.16. The van der Waals surface area contributed by atoms with Gasteiger partial charge in [0, 0.05) is 13.1 Å². The van der Waals surface area contributed by atoms with Crippen molar-refractivity contribution in [1.82, 2.24) is 10.9 Å². The molecule has 0 atom stereocenters. The Kier molecular flexibility index (Phi) is 4.24. The van der Waals surface area contributed by atoms with E-state index >= 15 is 0 Å². The van der Waals surface area contributed by atoms with Crippen molar-refractivity contribution in [2.45, 2.75) is 13.1 Å². The molecule has 0 bridgehead atoms. The van der Waals surface area contributed by atoms with Crippen LogP contribution in [0.5, 0.6) is 0 Å². The van der Waals surface area contributed by atoms with Crippen LogP contribution < -0.4 is 10.9 Å². The normalized spacial score (nSPS) is 10.4. The van der Waals surface area contributed by atoms with Crippen LogP contribution in [-0.4, -0.2) is 0 Å². The lowest BCUT2D eigenvalue weighted by atomic mass is 10.2. The molecule has 17 heavy (non-hydrogen) atoms. The SMILES string of the molecule is Fc1ccc(CNNCc2ccccc2)cc1. The van der Waals surface area contributed by atoms with E-state index in [1.807, 2.05) is 18.2 Å². The van der Waals surface area contributed by atoms with Crippen LogP contribution >= 0.6 is 0 Å².